The average molecular weight is 312 g/mol. The Morgan fingerprint density at radius 3 is 2.43 bits per heavy atom. The zero-order valence-corrected chi connectivity index (χ0v) is 13.9. The van der Waals surface area contributed by atoms with Crippen LogP contribution in [-0.4, -0.2) is 36.3 Å². The van der Waals surface area contributed by atoms with Gasteiger partial charge in [-0.2, -0.15) is 4.98 Å². The highest BCUT2D eigenvalue weighted by molar-refractivity contribution is 5.64. The smallest absolute Gasteiger partial charge is 0.229 e. The maximum absolute atomic E-state index is 5.41. The van der Waals surface area contributed by atoms with E-state index in [1.807, 2.05) is 12.3 Å². The summed E-state index contributed by atoms with van der Waals surface area (Å²) in [5.74, 6) is 1.61. The quantitative estimate of drug-likeness (QED) is 0.919. The fourth-order valence-corrected chi connectivity index (χ4v) is 2.89. The summed E-state index contributed by atoms with van der Waals surface area (Å²) in [5, 5.41) is 3.44. The monoisotopic (exact) mass is 312 g/mol. The maximum Gasteiger partial charge on any atom is 0.229 e. The molecule has 0 atom stereocenters. The Bertz CT molecular complexity index is 631. The molecule has 3 rings (SSSR count). The number of morpholine rings is 1. The molecule has 0 unspecified atom stereocenters. The van der Waals surface area contributed by atoms with E-state index in [4.69, 9.17) is 9.72 Å². The van der Waals surface area contributed by atoms with Crippen molar-refractivity contribution in [2.45, 2.75) is 26.7 Å². The van der Waals surface area contributed by atoms with Crippen LogP contribution in [0.2, 0.25) is 0 Å². The third kappa shape index (κ3) is 3.62. The standard InChI is InChI=1S/C18H24N4O/c1-3-14-6-5-7-15(4-2)17(14)21-18-19-9-8-16(20-18)22-10-12-23-13-11-22/h5-9H,3-4,10-13H2,1-2H3,(H,19,20,21). The zero-order chi connectivity index (χ0) is 16.1. The fourth-order valence-electron chi connectivity index (χ4n) is 2.89. The largest absolute Gasteiger partial charge is 0.378 e. The van der Waals surface area contributed by atoms with E-state index in [1.165, 1.54) is 11.1 Å². The minimum Gasteiger partial charge on any atom is -0.378 e. The number of aryl methyl sites for hydroxylation is 2. The van der Waals surface area contributed by atoms with Gasteiger partial charge in [-0.3, -0.25) is 0 Å². The molecule has 23 heavy (non-hydrogen) atoms. The van der Waals surface area contributed by atoms with E-state index < -0.39 is 0 Å². The van der Waals surface area contributed by atoms with Crippen LogP contribution in [-0.2, 0) is 17.6 Å². The van der Waals surface area contributed by atoms with Crippen LogP contribution in [0.4, 0.5) is 17.5 Å². The summed E-state index contributed by atoms with van der Waals surface area (Å²) in [4.78, 5) is 11.3. The Morgan fingerprint density at radius 2 is 1.78 bits per heavy atom. The molecule has 2 heterocycles. The lowest BCUT2D eigenvalue weighted by molar-refractivity contribution is 0.122. The van der Waals surface area contributed by atoms with Gasteiger partial charge in [-0.1, -0.05) is 32.0 Å². The van der Waals surface area contributed by atoms with Crippen molar-refractivity contribution in [2.24, 2.45) is 0 Å². The van der Waals surface area contributed by atoms with E-state index in [9.17, 15) is 0 Å². The van der Waals surface area contributed by atoms with Gasteiger partial charge in [0.1, 0.15) is 5.82 Å². The van der Waals surface area contributed by atoms with Crippen molar-refractivity contribution in [3.05, 3.63) is 41.6 Å². The normalized spacial score (nSPS) is 14.8. The first-order valence-electron chi connectivity index (χ1n) is 8.35. The van der Waals surface area contributed by atoms with Crippen LogP contribution in [0.25, 0.3) is 0 Å². The van der Waals surface area contributed by atoms with Crippen LogP contribution >= 0.6 is 0 Å². The number of hydrogen-bond donors (Lipinski definition) is 1. The van der Waals surface area contributed by atoms with Crippen molar-refractivity contribution in [2.75, 3.05) is 36.5 Å². The molecule has 0 saturated carbocycles. The second kappa shape index (κ2) is 7.42. The van der Waals surface area contributed by atoms with Gasteiger partial charge < -0.3 is 15.0 Å². The number of rotatable bonds is 5. The van der Waals surface area contributed by atoms with Crippen molar-refractivity contribution in [3.8, 4) is 0 Å². The summed E-state index contributed by atoms with van der Waals surface area (Å²) in [7, 11) is 0. The van der Waals surface area contributed by atoms with Crippen molar-refractivity contribution in [1.82, 2.24) is 9.97 Å². The molecular weight excluding hydrogens is 288 g/mol. The van der Waals surface area contributed by atoms with Crippen LogP contribution in [0.15, 0.2) is 30.5 Å². The number of aromatic nitrogens is 2. The van der Waals surface area contributed by atoms with E-state index >= 15 is 0 Å². The molecule has 1 saturated heterocycles. The van der Waals surface area contributed by atoms with Crippen LogP contribution in [0.3, 0.4) is 0 Å². The molecule has 0 radical (unpaired) electrons. The first kappa shape index (κ1) is 15.7. The molecule has 1 aliphatic rings. The SMILES string of the molecule is CCc1cccc(CC)c1Nc1nccc(N2CCOCC2)n1. The Hall–Kier alpha value is -2.14. The van der Waals surface area contributed by atoms with Gasteiger partial charge in [-0.15, -0.1) is 0 Å². The number of ether oxygens (including phenoxy) is 1. The van der Waals surface area contributed by atoms with Crippen molar-refractivity contribution in [1.29, 1.82) is 0 Å². The van der Waals surface area contributed by atoms with E-state index in [2.05, 4.69) is 47.2 Å². The van der Waals surface area contributed by atoms with Crippen LogP contribution in [0.5, 0.6) is 0 Å². The molecular formula is C18H24N4O. The van der Waals surface area contributed by atoms with Gasteiger partial charge in [0.2, 0.25) is 5.95 Å². The van der Waals surface area contributed by atoms with E-state index in [0.717, 1.165) is 50.7 Å². The van der Waals surface area contributed by atoms with Crippen LogP contribution in [0.1, 0.15) is 25.0 Å². The molecule has 0 aliphatic carbocycles. The molecule has 5 nitrogen and oxygen atoms in total. The first-order valence-corrected chi connectivity index (χ1v) is 8.35. The lowest BCUT2D eigenvalue weighted by Gasteiger charge is -2.27. The number of anilines is 3. The van der Waals surface area contributed by atoms with Crippen LogP contribution < -0.4 is 10.2 Å². The summed E-state index contributed by atoms with van der Waals surface area (Å²) < 4.78 is 5.41. The number of nitrogens with zero attached hydrogens (tertiary/aromatic N) is 3. The first-order chi connectivity index (χ1) is 11.3. The summed E-state index contributed by atoms with van der Waals surface area (Å²) >= 11 is 0. The molecule has 1 N–H and O–H groups in total. The molecule has 5 heteroatoms. The number of para-hydroxylation sites is 1. The zero-order valence-electron chi connectivity index (χ0n) is 13.9. The third-order valence-corrected chi connectivity index (χ3v) is 4.21. The van der Waals surface area contributed by atoms with Crippen molar-refractivity contribution < 1.29 is 4.74 Å². The molecule has 2 aromatic rings. The van der Waals surface area contributed by atoms with Crippen LogP contribution in [0, 0.1) is 0 Å². The second-order valence-electron chi connectivity index (χ2n) is 5.62. The molecule has 1 aromatic carbocycles. The lowest BCUT2D eigenvalue weighted by atomic mass is 10.0. The van der Waals surface area contributed by atoms with Gasteiger partial charge >= 0.3 is 0 Å². The van der Waals surface area contributed by atoms with E-state index in [-0.39, 0.29) is 0 Å². The average Bonchev–Trinajstić information content (AvgIpc) is 2.63. The second-order valence-corrected chi connectivity index (χ2v) is 5.62. The summed E-state index contributed by atoms with van der Waals surface area (Å²) in [6, 6.07) is 8.40. The molecule has 0 spiro atoms. The maximum atomic E-state index is 5.41. The predicted molar refractivity (Wildman–Crippen MR) is 93.5 cm³/mol. The number of benzene rings is 1. The molecule has 0 amide bonds. The fraction of sp³-hybridized carbons (Fsp3) is 0.444. The van der Waals surface area contributed by atoms with E-state index in [1.54, 1.807) is 0 Å². The molecule has 1 aliphatic heterocycles. The van der Waals surface area contributed by atoms with Crippen molar-refractivity contribution in [3.63, 3.8) is 0 Å². The highest BCUT2D eigenvalue weighted by atomic mass is 16.5. The topological polar surface area (TPSA) is 50.3 Å². The predicted octanol–water partition coefficient (Wildman–Crippen LogP) is 3.18. The third-order valence-electron chi connectivity index (χ3n) is 4.21. The van der Waals surface area contributed by atoms with Gasteiger partial charge in [0.25, 0.3) is 0 Å². The molecule has 1 aromatic heterocycles. The van der Waals surface area contributed by atoms with Gasteiger partial charge in [0.05, 0.1) is 13.2 Å². The minimum absolute atomic E-state index is 0.657. The number of nitrogens with one attached hydrogen (secondary N) is 1. The van der Waals surface area contributed by atoms with Gasteiger partial charge in [-0.05, 0) is 30.0 Å². The highest BCUT2D eigenvalue weighted by Crippen LogP contribution is 2.25. The van der Waals surface area contributed by atoms with Gasteiger partial charge in [0.15, 0.2) is 0 Å². The Kier molecular flexibility index (Phi) is 5.08. The van der Waals surface area contributed by atoms with Crippen molar-refractivity contribution >= 4 is 17.5 Å². The highest BCUT2D eigenvalue weighted by Gasteiger charge is 2.14. The number of hydrogen-bond acceptors (Lipinski definition) is 5. The lowest BCUT2D eigenvalue weighted by Crippen LogP contribution is -2.36. The Labute approximate surface area is 137 Å². The Morgan fingerprint density at radius 1 is 1.09 bits per heavy atom. The van der Waals surface area contributed by atoms with Gasteiger partial charge in [-0.25, -0.2) is 4.98 Å². The minimum atomic E-state index is 0.657. The summed E-state index contributed by atoms with van der Waals surface area (Å²) in [6.45, 7) is 7.61. The molecule has 122 valence electrons. The van der Waals surface area contributed by atoms with E-state index in [0.29, 0.717) is 5.95 Å². The summed E-state index contributed by atoms with van der Waals surface area (Å²) in [5.41, 5.74) is 3.74. The van der Waals surface area contributed by atoms with Gasteiger partial charge in [0, 0.05) is 25.0 Å². The molecule has 1 fully saturated rings. The molecule has 0 bridgehead atoms. The Balaban J connectivity index is 1.86. The summed E-state index contributed by atoms with van der Waals surface area (Å²) in [6.07, 6.45) is 3.79.